The summed E-state index contributed by atoms with van der Waals surface area (Å²) >= 11 is 1.91. The van der Waals surface area contributed by atoms with Crippen LogP contribution in [0.25, 0.3) is 0 Å². The maximum absolute atomic E-state index is 5.30. The van der Waals surface area contributed by atoms with Crippen molar-refractivity contribution in [2.75, 3.05) is 24.1 Å². The number of methoxy groups -OCH3 is 1. The van der Waals surface area contributed by atoms with E-state index in [4.69, 9.17) is 10.6 Å². The predicted molar refractivity (Wildman–Crippen MR) is 72.8 cm³/mol. The summed E-state index contributed by atoms with van der Waals surface area (Å²) in [4.78, 5) is 12.3. The molecule has 1 aromatic heterocycles. The number of hydrazine groups is 1. The van der Waals surface area contributed by atoms with Gasteiger partial charge in [-0.1, -0.05) is 0 Å². The molecule has 8 heteroatoms. The van der Waals surface area contributed by atoms with Crippen LogP contribution in [0.5, 0.6) is 6.01 Å². The van der Waals surface area contributed by atoms with Crippen LogP contribution in [-0.4, -0.2) is 39.6 Å². The minimum atomic E-state index is 0.250. The molecule has 0 bridgehead atoms. The Hall–Kier alpha value is -1.28. The molecule has 0 amide bonds. The molecule has 0 spiro atoms. The zero-order valence-corrected chi connectivity index (χ0v) is 11.3. The highest BCUT2D eigenvalue weighted by Crippen LogP contribution is 2.29. The Kier molecular flexibility index (Phi) is 4.43. The molecule has 2 atom stereocenters. The first kappa shape index (κ1) is 13.2. The normalized spacial score (nSPS) is 22.8. The number of nitrogen functional groups attached to an aromatic ring is 1. The molecule has 1 heterocycles. The number of thioether (sulfide) groups is 1. The second-order valence-corrected chi connectivity index (χ2v) is 5.26. The van der Waals surface area contributed by atoms with Crippen LogP contribution in [0, 0.1) is 0 Å². The third-order valence-electron chi connectivity index (χ3n) is 2.98. The van der Waals surface area contributed by atoms with Gasteiger partial charge in [0.2, 0.25) is 11.9 Å². The molecule has 1 aromatic rings. The minimum Gasteiger partial charge on any atom is -0.467 e. The first-order valence-electron chi connectivity index (χ1n) is 5.81. The monoisotopic (exact) mass is 270 g/mol. The molecule has 1 fully saturated rings. The first-order valence-corrected chi connectivity index (χ1v) is 7.10. The highest BCUT2D eigenvalue weighted by atomic mass is 32.2. The smallest absolute Gasteiger partial charge is 0.322 e. The van der Waals surface area contributed by atoms with Crippen molar-refractivity contribution in [1.82, 2.24) is 15.0 Å². The largest absolute Gasteiger partial charge is 0.467 e. The van der Waals surface area contributed by atoms with Crippen molar-refractivity contribution in [3.63, 3.8) is 0 Å². The summed E-state index contributed by atoms with van der Waals surface area (Å²) < 4.78 is 5.00. The van der Waals surface area contributed by atoms with Crippen LogP contribution in [0.4, 0.5) is 11.9 Å². The third kappa shape index (κ3) is 3.14. The molecule has 18 heavy (non-hydrogen) atoms. The molecule has 7 nitrogen and oxygen atoms in total. The molecule has 2 unspecified atom stereocenters. The lowest BCUT2D eigenvalue weighted by atomic mass is 10.2. The van der Waals surface area contributed by atoms with Crippen LogP contribution in [0.1, 0.15) is 19.3 Å². The topological polar surface area (TPSA) is 98.0 Å². The van der Waals surface area contributed by atoms with Gasteiger partial charge in [0.1, 0.15) is 0 Å². The predicted octanol–water partition coefficient (Wildman–Crippen LogP) is 0.862. The maximum Gasteiger partial charge on any atom is 0.322 e. The van der Waals surface area contributed by atoms with Crippen LogP contribution >= 0.6 is 11.8 Å². The first-order chi connectivity index (χ1) is 8.75. The van der Waals surface area contributed by atoms with E-state index in [0.29, 0.717) is 17.9 Å². The average Bonchev–Trinajstić information content (AvgIpc) is 2.85. The van der Waals surface area contributed by atoms with E-state index in [0.717, 1.165) is 18.1 Å². The number of ether oxygens (including phenoxy) is 1. The number of hydrogen-bond donors (Lipinski definition) is 3. The van der Waals surface area contributed by atoms with Crippen LogP contribution in [0.3, 0.4) is 0 Å². The number of nitrogens with one attached hydrogen (secondary N) is 2. The maximum atomic E-state index is 5.30. The van der Waals surface area contributed by atoms with E-state index in [9.17, 15) is 0 Å². The summed E-state index contributed by atoms with van der Waals surface area (Å²) in [6, 6.07) is 0.653. The lowest BCUT2D eigenvalue weighted by Crippen LogP contribution is -2.20. The molecule has 0 saturated heterocycles. The molecule has 2 rings (SSSR count). The summed E-state index contributed by atoms with van der Waals surface area (Å²) in [6.07, 6.45) is 5.63. The fraction of sp³-hybridized carbons (Fsp3) is 0.700. The van der Waals surface area contributed by atoms with Crippen molar-refractivity contribution in [3.8, 4) is 6.01 Å². The second-order valence-electron chi connectivity index (χ2n) is 4.13. The van der Waals surface area contributed by atoms with Crippen LogP contribution in [0.15, 0.2) is 0 Å². The highest BCUT2D eigenvalue weighted by molar-refractivity contribution is 7.99. The lowest BCUT2D eigenvalue weighted by molar-refractivity contribution is 0.379. The van der Waals surface area contributed by atoms with Gasteiger partial charge in [0.25, 0.3) is 0 Å². The number of nitrogens with two attached hydrogens (primary N) is 1. The summed E-state index contributed by atoms with van der Waals surface area (Å²) in [5.74, 6) is 6.10. The van der Waals surface area contributed by atoms with Crippen LogP contribution in [-0.2, 0) is 0 Å². The van der Waals surface area contributed by atoms with E-state index < -0.39 is 0 Å². The fourth-order valence-corrected chi connectivity index (χ4v) is 2.84. The summed E-state index contributed by atoms with van der Waals surface area (Å²) in [6.45, 7) is 0. The number of aromatic nitrogens is 3. The zero-order chi connectivity index (χ0) is 13.0. The van der Waals surface area contributed by atoms with Crippen molar-refractivity contribution in [3.05, 3.63) is 0 Å². The summed E-state index contributed by atoms with van der Waals surface area (Å²) in [5, 5.41) is 4.02. The van der Waals surface area contributed by atoms with Gasteiger partial charge in [-0.15, -0.1) is 0 Å². The van der Waals surface area contributed by atoms with Crippen LogP contribution < -0.4 is 21.3 Å². The quantitative estimate of drug-likeness (QED) is 0.535. The lowest BCUT2D eigenvalue weighted by Gasteiger charge is -2.13. The van der Waals surface area contributed by atoms with Gasteiger partial charge in [-0.05, 0) is 25.5 Å². The molecule has 0 aromatic carbocycles. The van der Waals surface area contributed by atoms with Gasteiger partial charge >= 0.3 is 6.01 Å². The summed E-state index contributed by atoms with van der Waals surface area (Å²) in [5.41, 5.74) is 2.40. The Morgan fingerprint density at radius 1 is 1.28 bits per heavy atom. The SMILES string of the molecule is COc1nc(NN)nc(NC2CCC(SC)C2)n1. The molecular weight excluding hydrogens is 252 g/mol. The summed E-state index contributed by atoms with van der Waals surface area (Å²) in [7, 11) is 1.51. The Morgan fingerprint density at radius 2 is 2.06 bits per heavy atom. The van der Waals surface area contributed by atoms with E-state index in [2.05, 4.69) is 32.0 Å². The van der Waals surface area contributed by atoms with Gasteiger partial charge in [-0.25, -0.2) is 5.84 Å². The fourth-order valence-electron chi connectivity index (χ4n) is 2.04. The molecular formula is C10H18N6OS. The molecule has 0 radical (unpaired) electrons. The number of hydrogen-bond acceptors (Lipinski definition) is 8. The highest BCUT2D eigenvalue weighted by Gasteiger charge is 2.24. The standard InChI is InChI=1S/C10H18N6OS/c1-17-10-14-8(13-9(15-10)16-11)12-6-3-4-7(5-6)18-2/h6-7H,3-5,11H2,1-2H3,(H2,12,13,14,15,16). The van der Waals surface area contributed by atoms with Gasteiger partial charge in [0, 0.05) is 11.3 Å². The van der Waals surface area contributed by atoms with Crippen molar-refractivity contribution < 1.29 is 4.74 Å². The van der Waals surface area contributed by atoms with Gasteiger partial charge in [0.05, 0.1) is 7.11 Å². The second kappa shape index (κ2) is 6.05. The number of anilines is 2. The van der Waals surface area contributed by atoms with Gasteiger partial charge in [0.15, 0.2) is 0 Å². The number of nitrogens with zero attached hydrogens (tertiary/aromatic N) is 3. The Bertz CT molecular complexity index is 382. The average molecular weight is 270 g/mol. The molecule has 1 aliphatic rings. The van der Waals surface area contributed by atoms with Gasteiger partial charge in [-0.2, -0.15) is 26.7 Å². The van der Waals surface area contributed by atoms with Crippen molar-refractivity contribution in [2.45, 2.75) is 30.6 Å². The van der Waals surface area contributed by atoms with E-state index in [1.165, 1.54) is 13.5 Å². The van der Waals surface area contributed by atoms with E-state index >= 15 is 0 Å². The van der Waals surface area contributed by atoms with Gasteiger partial charge in [-0.3, -0.25) is 5.43 Å². The zero-order valence-electron chi connectivity index (χ0n) is 10.5. The molecule has 4 N–H and O–H groups in total. The van der Waals surface area contributed by atoms with E-state index in [1.807, 2.05) is 11.8 Å². The van der Waals surface area contributed by atoms with E-state index in [-0.39, 0.29) is 6.01 Å². The molecule has 1 aliphatic carbocycles. The van der Waals surface area contributed by atoms with E-state index in [1.54, 1.807) is 0 Å². The third-order valence-corrected chi connectivity index (χ3v) is 4.07. The minimum absolute atomic E-state index is 0.250. The molecule has 100 valence electrons. The van der Waals surface area contributed by atoms with Gasteiger partial charge < -0.3 is 10.1 Å². The molecule has 1 saturated carbocycles. The number of rotatable bonds is 5. The Balaban J connectivity index is 2.04. The van der Waals surface area contributed by atoms with Crippen LogP contribution in [0.2, 0.25) is 0 Å². The Labute approximate surface area is 110 Å². The Morgan fingerprint density at radius 3 is 2.67 bits per heavy atom. The van der Waals surface area contributed by atoms with Crippen molar-refractivity contribution >= 4 is 23.7 Å². The molecule has 0 aliphatic heterocycles. The van der Waals surface area contributed by atoms with Crippen molar-refractivity contribution in [2.24, 2.45) is 5.84 Å². The van der Waals surface area contributed by atoms with Crippen molar-refractivity contribution in [1.29, 1.82) is 0 Å².